The average molecular weight is 540 g/mol. The number of hydrogen-bond acceptors (Lipinski definition) is 6. The molecule has 1 heterocycles. The molecule has 220 valence electrons. The fraction of sp³-hybridized carbons (Fsp3) is 0.857. The number of aliphatic hydroxyl groups is 1. The number of unbranched alkanes of at least 4 members (excludes halogenated alkanes) is 8. The minimum Gasteiger partial charge on any atom is -0.381 e. The van der Waals surface area contributed by atoms with Gasteiger partial charge in [0.2, 0.25) is 17.7 Å². The second-order valence-electron chi connectivity index (χ2n) is 11.8. The van der Waals surface area contributed by atoms with Crippen LogP contribution < -0.4 is 27.0 Å². The number of nitrogens with one attached hydrogen (secondary N) is 4. The van der Waals surface area contributed by atoms with Crippen molar-refractivity contribution in [3.05, 3.63) is 0 Å². The van der Waals surface area contributed by atoms with Gasteiger partial charge in [-0.1, -0.05) is 79.1 Å². The first kappa shape index (κ1) is 33.8. The maximum atomic E-state index is 13.4. The molecule has 4 atom stereocenters. The first-order valence-corrected chi connectivity index (χ1v) is 14.5. The Labute approximate surface area is 229 Å². The molecule has 0 saturated carbocycles. The van der Waals surface area contributed by atoms with Crippen molar-refractivity contribution in [1.82, 2.24) is 21.3 Å². The summed E-state index contributed by atoms with van der Waals surface area (Å²) in [5.74, 6) is -2.17. The van der Waals surface area contributed by atoms with Crippen molar-refractivity contribution in [2.24, 2.45) is 11.1 Å². The molecule has 1 saturated heterocycles. The van der Waals surface area contributed by atoms with Gasteiger partial charge in [0.05, 0.1) is 12.6 Å². The zero-order valence-electron chi connectivity index (χ0n) is 24.1. The molecule has 7 N–H and O–H groups in total. The van der Waals surface area contributed by atoms with E-state index in [-0.39, 0.29) is 12.0 Å². The smallest absolute Gasteiger partial charge is 0.251 e. The van der Waals surface area contributed by atoms with Gasteiger partial charge in [0, 0.05) is 0 Å². The Morgan fingerprint density at radius 1 is 0.763 bits per heavy atom. The predicted octanol–water partition coefficient (Wildman–Crippen LogP) is 2.03. The zero-order valence-corrected chi connectivity index (χ0v) is 24.1. The van der Waals surface area contributed by atoms with Gasteiger partial charge in [-0.3, -0.25) is 19.2 Å². The van der Waals surface area contributed by atoms with E-state index in [9.17, 15) is 24.3 Å². The minimum absolute atomic E-state index is 0.287. The van der Waals surface area contributed by atoms with Gasteiger partial charge in [-0.05, 0) is 44.1 Å². The van der Waals surface area contributed by atoms with Crippen LogP contribution in [-0.2, 0) is 19.2 Å². The molecule has 0 aromatic rings. The van der Waals surface area contributed by atoms with E-state index in [1.54, 1.807) is 0 Å². The first-order valence-electron chi connectivity index (χ1n) is 14.5. The van der Waals surface area contributed by atoms with Gasteiger partial charge in [-0.15, -0.1) is 0 Å². The average Bonchev–Trinajstić information content (AvgIpc) is 2.85. The molecule has 0 spiro atoms. The van der Waals surface area contributed by atoms with E-state index >= 15 is 0 Å². The van der Waals surface area contributed by atoms with Crippen molar-refractivity contribution in [3.8, 4) is 0 Å². The summed E-state index contributed by atoms with van der Waals surface area (Å²) in [5, 5.41) is 21.6. The highest BCUT2D eigenvalue weighted by atomic mass is 16.3. The molecule has 1 aliphatic rings. The summed E-state index contributed by atoms with van der Waals surface area (Å²) in [7, 11) is 0. The molecule has 0 aromatic heterocycles. The maximum Gasteiger partial charge on any atom is 0.251 e. The third-order valence-corrected chi connectivity index (χ3v) is 6.82. The lowest BCUT2D eigenvalue weighted by Gasteiger charge is -2.30. The van der Waals surface area contributed by atoms with E-state index in [1.807, 2.05) is 20.8 Å². The largest absolute Gasteiger partial charge is 0.381 e. The van der Waals surface area contributed by atoms with Crippen molar-refractivity contribution in [1.29, 1.82) is 0 Å². The van der Waals surface area contributed by atoms with E-state index in [0.717, 1.165) is 25.7 Å². The van der Waals surface area contributed by atoms with Gasteiger partial charge in [0.15, 0.2) is 6.10 Å². The highest BCUT2D eigenvalue weighted by Crippen LogP contribution is 2.22. The molecule has 1 aliphatic heterocycles. The number of carbonyl (C=O) groups is 4. The summed E-state index contributed by atoms with van der Waals surface area (Å²) in [6, 6.07) is -2.57. The molecule has 0 radical (unpaired) electrons. The Morgan fingerprint density at radius 2 is 1.34 bits per heavy atom. The van der Waals surface area contributed by atoms with Gasteiger partial charge in [-0.2, -0.15) is 0 Å². The normalized spacial score (nSPS) is 23.8. The first-order chi connectivity index (χ1) is 18.0. The van der Waals surface area contributed by atoms with E-state index in [0.29, 0.717) is 38.6 Å². The van der Waals surface area contributed by atoms with Crippen LogP contribution in [0.15, 0.2) is 0 Å². The molecule has 0 aromatic carbocycles. The van der Waals surface area contributed by atoms with Crippen LogP contribution in [0.25, 0.3) is 0 Å². The van der Waals surface area contributed by atoms with Crippen molar-refractivity contribution in [3.63, 3.8) is 0 Å². The van der Waals surface area contributed by atoms with Crippen LogP contribution in [0.2, 0.25) is 0 Å². The van der Waals surface area contributed by atoms with Crippen LogP contribution >= 0.6 is 0 Å². The third kappa shape index (κ3) is 14.1. The Morgan fingerprint density at radius 3 is 1.95 bits per heavy atom. The SMILES string of the molecule is CCCCCCCCCC[C@H]1NC(=O)[C@H](CC(C)(C)C)NC(=O)[C@H](CCCCN)NC(=O)CNC(=O)[C@@H]1O. The number of hydrogen-bond donors (Lipinski definition) is 6. The number of nitrogens with two attached hydrogens (primary N) is 1. The van der Waals surface area contributed by atoms with E-state index in [2.05, 4.69) is 28.2 Å². The molecule has 0 unspecified atom stereocenters. The van der Waals surface area contributed by atoms with E-state index in [1.165, 1.54) is 25.7 Å². The topological polar surface area (TPSA) is 163 Å². The molecule has 0 bridgehead atoms. The lowest BCUT2D eigenvalue weighted by atomic mass is 9.87. The van der Waals surface area contributed by atoms with Crippen LogP contribution in [0, 0.1) is 5.41 Å². The summed E-state index contributed by atoms with van der Waals surface area (Å²) in [6.07, 6.45) is 9.67. The summed E-state index contributed by atoms with van der Waals surface area (Å²) in [4.78, 5) is 51.8. The minimum atomic E-state index is -1.51. The molecule has 38 heavy (non-hydrogen) atoms. The molecular weight excluding hydrogens is 486 g/mol. The Kier molecular flexibility index (Phi) is 16.2. The number of aliphatic hydroxyl groups excluding tert-OH is 1. The fourth-order valence-corrected chi connectivity index (χ4v) is 4.65. The predicted molar refractivity (Wildman–Crippen MR) is 149 cm³/mol. The highest BCUT2D eigenvalue weighted by Gasteiger charge is 2.34. The lowest BCUT2D eigenvalue weighted by molar-refractivity contribution is -0.135. The second kappa shape index (κ2) is 18.2. The zero-order chi connectivity index (χ0) is 28.6. The number of carbonyl (C=O) groups excluding carboxylic acids is 4. The Hall–Kier alpha value is -2.20. The number of rotatable bonds is 14. The van der Waals surface area contributed by atoms with Crippen LogP contribution in [0.4, 0.5) is 0 Å². The van der Waals surface area contributed by atoms with Crippen LogP contribution in [0.3, 0.4) is 0 Å². The van der Waals surface area contributed by atoms with Gasteiger partial charge in [-0.25, -0.2) is 0 Å². The Balaban J connectivity index is 3.02. The van der Waals surface area contributed by atoms with Crippen LogP contribution in [-0.4, -0.2) is 66.1 Å². The summed E-state index contributed by atoms with van der Waals surface area (Å²) >= 11 is 0. The van der Waals surface area contributed by atoms with Gasteiger partial charge < -0.3 is 32.1 Å². The molecular formula is C28H53N5O5. The van der Waals surface area contributed by atoms with Crippen molar-refractivity contribution < 1.29 is 24.3 Å². The standard InChI is InChI=1S/C28H53N5O5/c1-5-6-7-8-9-10-11-12-15-20-24(35)27(38)30-19-23(34)31-21(16-13-14-17-29)25(36)33-22(26(37)32-20)18-28(2,3)4/h20-22,24,35H,5-19,29H2,1-4H3,(H,30,38)(H,31,34)(H,32,37)(H,33,36)/t20-,21+,22+,24-/m1/s1. The van der Waals surface area contributed by atoms with Gasteiger partial charge >= 0.3 is 0 Å². The molecule has 10 nitrogen and oxygen atoms in total. The molecule has 1 rings (SSSR count). The fourth-order valence-electron chi connectivity index (χ4n) is 4.65. The molecule has 0 aliphatic carbocycles. The van der Waals surface area contributed by atoms with Gasteiger partial charge in [0.25, 0.3) is 5.91 Å². The maximum absolute atomic E-state index is 13.4. The monoisotopic (exact) mass is 539 g/mol. The summed E-state index contributed by atoms with van der Waals surface area (Å²) in [5.41, 5.74) is 5.29. The third-order valence-electron chi connectivity index (χ3n) is 6.82. The molecule has 1 fully saturated rings. The van der Waals surface area contributed by atoms with Gasteiger partial charge in [0.1, 0.15) is 12.1 Å². The highest BCUT2D eigenvalue weighted by molar-refractivity contribution is 5.94. The summed E-state index contributed by atoms with van der Waals surface area (Å²) < 4.78 is 0. The lowest BCUT2D eigenvalue weighted by Crippen LogP contribution is -2.57. The van der Waals surface area contributed by atoms with Crippen molar-refractivity contribution in [2.45, 2.75) is 135 Å². The van der Waals surface area contributed by atoms with E-state index < -0.39 is 47.9 Å². The molecule has 10 heteroatoms. The summed E-state index contributed by atoms with van der Waals surface area (Å²) in [6.45, 7) is 8.18. The van der Waals surface area contributed by atoms with Crippen LogP contribution in [0.5, 0.6) is 0 Å². The molecule has 4 amide bonds. The van der Waals surface area contributed by atoms with Crippen LogP contribution in [0.1, 0.15) is 111 Å². The van der Waals surface area contributed by atoms with Crippen molar-refractivity contribution in [2.75, 3.05) is 13.1 Å². The van der Waals surface area contributed by atoms with E-state index in [4.69, 9.17) is 5.73 Å². The quantitative estimate of drug-likeness (QED) is 0.185. The Bertz CT molecular complexity index is 740. The number of amides is 4. The van der Waals surface area contributed by atoms with Crippen molar-refractivity contribution >= 4 is 23.6 Å². The second-order valence-corrected chi connectivity index (χ2v) is 11.8.